The van der Waals surface area contributed by atoms with Crippen molar-refractivity contribution in [2.45, 2.75) is 64.3 Å². The fraction of sp³-hybridized carbons (Fsp3) is 0.733. The Morgan fingerprint density at radius 3 is 2.73 bits per heavy atom. The maximum absolute atomic E-state index is 12.1. The lowest BCUT2D eigenvalue weighted by atomic mass is 9.96. The highest BCUT2D eigenvalue weighted by Gasteiger charge is 2.33. The van der Waals surface area contributed by atoms with E-state index in [0.717, 1.165) is 6.42 Å². The summed E-state index contributed by atoms with van der Waals surface area (Å²) in [5.74, 6) is 0.145. The molecular weight excluding hydrogens is 286 g/mol. The third kappa shape index (κ3) is 3.84. The molecule has 0 saturated carbocycles. The smallest absolute Gasteiger partial charge is 0.326 e. The lowest BCUT2D eigenvalue weighted by molar-refractivity contribution is -0.148. The number of aryl methyl sites for hydroxylation is 1. The Hall–Kier alpha value is -1.92. The van der Waals surface area contributed by atoms with Crippen molar-refractivity contribution in [3.63, 3.8) is 0 Å². The molecule has 1 aromatic rings. The quantitative estimate of drug-likeness (QED) is 0.890. The Bertz CT molecular complexity index is 547. The second-order valence-corrected chi connectivity index (χ2v) is 6.70. The number of amides is 1. The molecule has 1 amide bonds. The van der Waals surface area contributed by atoms with Gasteiger partial charge in [0.2, 0.25) is 11.8 Å². The Kier molecular flexibility index (Phi) is 4.83. The number of carbonyl (C=O) groups is 2. The summed E-state index contributed by atoms with van der Waals surface area (Å²) < 4.78 is 5.18. The molecule has 22 heavy (non-hydrogen) atoms. The number of rotatable bonds is 5. The van der Waals surface area contributed by atoms with Crippen LogP contribution in [-0.4, -0.2) is 44.6 Å². The van der Waals surface area contributed by atoms with Crippen molar-refractivity contribution in [3.8, 4) is 0 Å². The van der Waals surface area contributed by atoms with E-state index in [-0.39, 0.29) is 11.3 Å². The molecule has 1 fully saturated rings. The molecule has 2 heterocycles. The summed E-state index contributed by atoms with van der Waals surface area (Å²) in [4.78, 5) is 29.0. The van der Waals surface area contributed by atoms with Gasteiger partial charge in [-0.3, -0.25) is 4.79 Å². The predicted octanol–water partition coefficient (Wildman–Crippen LogP) is 1.77. The zero-order valence-corrected chi connectivity index (χ0v) is 13.3. The maximum atomic E-state index is 12.1. The fourth-order valence-corrected chi connectivity index (χ4v) is 2.52. The minimum absolute atomic E-state index is 0.111. The van der Waals surface area contributed by atoms with Gasteiger partial charge in [-0.2, -0.15) is 4.98 Å². The molecule has 0 spiro atoms. The molecule has 1 aromatic heterocycles. The standard InChI is InChI=1S/C15H23N3O4/c1-15(2,3)14-16-11(22-17-14)7-4-8-12(19)18-9-5-6-10(18)13(20)21/h10H,4-9H2,1-3H3,(H,20,21)/t10-/m1/s1. The third-order valence-corrected chi connectivity index (χ3v) is 3.78. The predicted molar refractivity (Wildman–Crippen MR) is 78.3 cm³/mol. The SMILES string of the molecule is CC(C)(C)c1noc(CCCC(=O)N2CCC[C@@H]2C(=O)O)n1. The molecule has 1 atom stereocenters. The van der Waals surface area contributed by atoms with Crippen LogP contribution in [0.25, 0.3) is 0 Å². The summed E-state index contributed by atoms with van der Waals surface area (Å²) in [6.07, 6.45) is 2.70. The largest absolute Gasteiger partial charge is 0.480 e. The second-order valence-electron chi connectivity index (χ2n) is 6.70. The van der Waals surface area contributed by atoms with E-state index in [1.165, 1.54) is 4.90 Å². The normalized spacial score (nSPS) is 18.7. The fourth-order valence-electron chi connectivity index (χ4n) is 2.52. The van der Waals surface area contributed by atoms with Gasteiger partial charge in [0.1, 0.15) is 6.04 Å². The van der Waals surface area contributed by atoms with Gasteiger partial charge >= 0.3 is 5.97 Å². The Labute approximate surface area is 129 Å². The van der Waals surface area contributed by atoms with Crippen molar-refractivity contribution in [2.24, 2.45) is 0 Å². The summed E-state index contributed by atoms with van der Waals surface area (Å²) in [6, 6.07) is -0.664. The van der Waals surface area contributed by atoms with Crippen LogP contribution in [0.15, 0.2) is 4.52 Å². The lowest BCUT2D eigenvalue weighted by Gasteiger charge is -2.21. The highest BCUT2D eigenvalue weighted by Crippen LogP contribution is 2.20. The minimum Gasteiger partial charge on any atom is -0.480 e. The van der Waals surface area contributed by atoms with Gasteiger partial charge in [-0.05, 0) is 19.3 Å². The number of carboxylic acids is 1. The van der Waals surface area contributed by atoms with Crippen LogP contribution in [0.5, 0.6) is 0 Å². The van der Waals surface area contributed by atoms with E-state index in [4.69, 9.17) is 9.63 Å². The maximum Gasteiger partial charge on any atom is 0.326 e. The van der Waals surface area contributed by atoms with E-state index in [1.54, 1.807) is 0 Å². The number of carboxylic acid groups (broad SMARTS) is 1. The summed E-state index contributed by atoms with van der Waals surface area (Å²) in [5, 5.41) is 13.0. The van der Waals surface area contributed by atoms with Crippen molar-refractivity contribution in [1.29, 1.82) is 0 Å². The van der Waals surface area contributed by atoms with Gasteiger partial charge in [0.15, 0.2) is 5.82 Å². The number of nitrogens with zero attached hydrogens (tertiary/aromatic N) is 3. The monoisotopic (exact) mass is 309 g/mol. The highest BCUT2D eigenvalue weighted by atomic mass is 16.5. The molecule has 1 aliphatic rings. The molecule has 1 N–H and O–H groups in total. The number of aromatic nitrogens is 2. The van der Waals surface area contributed by atoms with Crippen molar-refractivity contribution in [3.05, 3.63) is 11.7 Å². The first kappa shape index (κ1) is 16.5. The summed E-state index contributed by atoms with van der Waals surface area (Å²) >= 11 is 0. The second kappa shape index (κ2) is 6.46. The third-order valence-electron chi connectivity index (χ3n) is 3.78. The number of likely N-dealkylation sites (tertiary alicyclic amines) is 1. The first-order valence-electron chi connectivity index (χ1n) is 7.64. The average molecular weight is 309 g/mol. The van der Waals surface area contributed by atoms with E-state index >= 15 is 0 Å². The molecule has 0 radical (unpaired) electrons. The molecular formula is C15H23N3O4. The lowest BCUT2D eigenvalue weighted by Crippen LogP contribution is -2.40. The van der Waals surface area contributed by atoms with E-state index in [0.29, 0.717) is 43.9 Å². The average Bonchev–Trinajstić information content (AvgIpc) is 3.06. The van der Waals surface area contributed by atoms with Crippen LogP contribution in [0, 0.1) is 0 Å². The minimum atomic E-state index is -0.919. The van der Waals surface area contributed by atoms with Crippen molar-refractivity contribution >= 4 is 11.9 Å². The van der Waals surface area contributed by atoms with Gasteiger partial charge in [-0.25, -0.2) is 4.79 Å². The molecule has 7 heteroatoms. The number of aliphatic carboxylic acids is 1. The molecule has 0 aliphatic carbocycles. The first-order chi connectivity index (χ1) is 10.3. The molecule has 2 rings (SSSR count). The molecule has 0 unspecified atom stereocenters. The van der Waals surface area contributed by atoms with Crippen LogP contribution in [-0.2, 0) is 21.4 Å². The number of carbonyl (C=O) groups excluding carboxylic acids is 1. The molecule has 0 bridgehead atoms. The van der Waals surface area contributed by atoms with Crippen LogP contribution in [0.3, 0.4) is 0 Å². The van der Waals surface area contributed by atoms with Crippen molar-refractivity contribution < 1.29 is 19.2 Å². The first-order valence-corrected chi connectivity index (χ1v) is 7.64. The Morgan fingerprint density at radius 2 is 2.14 bits per heavy atom. The molecule has 7 nitrogen and oxygen atoms in total. The van der Waals surface area contributed by atoms with Crippen molar-refractivity contribution in [1.82, 2.24) is 15.0 Å². The van der Waals surface area contributed by atoms with Crippen LogP contribution in [0.2, 0.25) is 0 Å². The zero-order valence-electron chi connectivity index (χ0n) is 13.3. The zero-order chi connectivity index (χ0) is 16.3. The molecule has 1 aliphatic heterocycles. The van der Waals surface area contributed by atoms with Crippen LogP contribution >= 0.6 is 0 Å². The van der Waals surface area contributed by atoms with Crippen molar-refractivity contribution in [2.75, 3.05) is 6.54 Å². The summed E-state index contributed by atoms with van der Waals surface area (Å²) in [5.41, 5.74) is -0.165. The van der Waals surface area contributed by atoms with Gasteiger partial charge < -0.3 is 14.5 Å². The van der Waals surface area contributed by atoms with E-state index in [2.05, 4.69) is 10.1 Å². The van der Waals surface area contributed by atoms with E-state index < -0.39 is 12.0 Å². The van der Waals surface area contributed by atoms with Crippen LogP contribution < -0.4 is 0 Å². The topological polar surface area (TPSA) is 96.5 Å². The molecule has 0 aromatic carbocycles. The molecule has 122 valence electrons. The van der Waals surface area contributed by atoms with Gasteiger partial charge in [0, 0.05) is 24.8 Å². The Morgan fingerprint density at radius 1 is 1.41 bits per heavy atom. The van der Waals surface area contributed by atoms with Gasteiger partial charge in [-0.15, -0.1) is 0 Å². The summed E-state index contributed by atoms with van der Waals surface area (Å²) in [6.45, 7) is 6.55. The Balaban J connectivity index is 1.82. The van der Waals surface area contributed by atoms with Crippen LogP contribution in [0.1, 0.15) is 58.2 Å². The number of hydrogen-bond acceptors (Lipinski definition) is 5. The highest BCUT2D eigenvalue weighted by molar-refractivity contribution is 5.84. The van der Waals surface area contributed by atoms with Gasteiger partial charge in [0.05, 0.1) is 0 Å². The van der Waals surface area contributed by atoms with Gasteiger partial charge in [0.25, 0.3) is 0 Å². The van der Waals surface area contributed by atoms with Gasteiger partial charge in [-0.1, -0.05) is 25.9 Å². The van der Waals surface area contributed by atoms with E-state index in [1.807, 2.05) is 20.8 Å². The summed E-state index contributed by atoms with van der Waals surface area (Å²) in [7, 11) is 0. The molecule has 1 saturated heterocycles. The van der Waals surface area contributed by atoms with E-state index in [9.17, 15) is 9.59 Å². The van der Waals surface area contributed by atoms with Crippen LogP contribution in [0.4, 0.5) is 0 Å². The number of hydrogen-bond donors (Lipinski definition) is 1.